The predicted octanol–water partition coefficient (Wildman–Crippen LogP) is 1.47. The van der Waals surface area contributed by atoms with Crippen molar-refractivity contribution in [1.29, 1.82) is 0 Å². The zero-order valence-corrected chi connectivity index (χ0v) is 6.49. The smallest absolute Gasteiger partial charge is 0.279 e. The Morgan fingerprint density at radius 3 is 2.67 bits per heavy atom. The van der Waals surface area contributed by atoms with Gasteiger partial charge in [-0.2, -0.15) is 0 Å². The summed E-state index contributed by atoms with van der Waals surface area (Å²) in [5, 5.41) is 3.01. The number of thioether (sulfide) groups is 1. The minimum Gasteiger partial charge on any atom is -0.343 e. The van der Waals surface area contributed by atoms with E-state index in [0.29, 0.717) is 12.0 Å². The van der Waals surface area contributed by atoms with E-state index in [2.05, 4.69) is 19.2 Å². The molecule has 0 saturated carbocycles. The minimum atomic E-state index is 0.133. The highest BCUT2D eigenvalue weighted by Gasteiger charge is 2.23. The highest BCUT2D eigenvalue weighted by atomic mass is 32.2. The predicted molar refractivity (Wildman–Crippen MR) is 39.6 cm³/mol. The Morgan fingerprint density at radius 1 is 1.78 bits per heavy atom. The van der Waals surface area contributed by atoms with Crippen LogP contribution in [0.5, 0.6) is 0 Å². The zero-order chi connectivity index (χ0) is 6.85. The Hall–Kier alpha value is -0.180. The molecule has 9 heavy (non-hydrogen) atoms. The average Bonchev–Trinajstić information content (AvgIpc) is 2.14. The molecule has 1 N–H and O–H groups in total. The molecule has 2 nitrogen and oxygen atoms in total. The van der Waals surface area contributed by atoms with Crippen LogP contribution in [0.25, 0.3) is 0 Å². The Labute approximate surface area is 59.4 Å². The largest absolute Gasteiger partial charge is 0.343 e. The van der Waals surface area contributed by atoms with E-state index in [4.69, 9.17) is 0 Å². The summed E-state index contributed by atoms with van der Waals surface area (Å²) in [4.78, 5) is 10.6. The van der Waals surface area contributed by atoms with Gasteiger partial charge in [0.1, 0.15) is 0 Å². The van der Waals surface area contributed by atoms with Gasteiger partial charge in [0, 0.05) is 11.8 Å². The van der Waals surface area contributed by atoms with Crippen molar-refractivity contribution < 1.29 is 4.79 Å². The van der Waals surface area contributed by atoms with Crippen LogP contribution in [-0.2, 0) is 0 Å². The third kappa shape index (κ3) is 1.61. The molecule has 1 amide bonds. The van der Waals surface area contributed by atoms with Crippen LogP contribution in [-0.4, -0.2) is 17.0 Å². The van der Waals surface area contributed by atoms with Crippen molar-refractivity contribution in [3.8, 4) is 0 Å². The van der Waals surface area contributed by atoms with Gasteiger partial charge in [-0.05, 0) is 5.92 Å². The first-order valence-corrected chi connectivity index (χ1v) is 4.12. The molecule has 1 atom stereocenters. The lowest BCUT2D eigenvalue weighted by Gasteiger charge is -2.11. The fourth-order valence-corrected chi connectivity index (χ4v) is 1.79. The molecule has 0 aromatic heterocycles. The van der Waals surface area contributed by atoms with Crippen LogP contribution in [0.4, 0.5) is 4.79 Å². The molecule has 3 heteroatoms. The highest BCUT2D eigenvalue weighted by molar-refractivity contribution is 8.13. The summed E-state index contributed by atoms with van der Waals surface area (Å²) in [5.74, 6) is 1.51. The van der Waals surface area contributed by atoms with Crippen molar-refractivity contribution in [2.24, 2.45) is 5.92 Å². The summed E-state index contributed by atoms with van der Waals surface area (Å²) < 4.78 is 0. The summed E-state index contributed by atoms with van der Waals surface area (Å²) in [5.41, 5.74) is 0. The van der Waals surface area contributed by atoms with Gasteiger partial charge in [-0.1, -0.05) is 25.6 Å². The molecule has 0 aromatic rings. The normalized spacial score (nSPS) is 27.0. The van der Waals surface area contributed by atoms with Crippen LogP contribution >= 0.6 is 11.8 Å². The number of carbonyl (C=O) groups excluding carboxylic acids is 1. The second-order valence-electron chi connectivity index (χ2n) is 2.59. The molecule has 1 aliphatic rings. The molecule has 1 unspecified atom stereocenters. The van der Waals surface area contributed by atoms with Gasteiger partial charge in [0.25, 0.3) is 5.24 Å². The van der Waals surface area contributed by atoms with Crippen LogP contribution in [0.2, 0.25) is 0 Å². The van der Waals surface area contributed by atoms with E-state index >= 15 is 0 Å². The Bertz CT molecular complexity index is 124. The maximum atomic E-state index is 10.6. The van der Waals surface area contributed by atoms with Gasteiger partial charge in [0.05, 0.1) is 0 Å². The molecule has 0 aromatic carbocycles. The zero-order valence-electron chi connectivity index (χ0n) is 5.68. The van der Waals surface area contributed by atoms with E-state index in [-0.39, 0.29) is 5.24 Å². The quantitative estimate of drug-likeness (QED) is 0.605. The maximum Gasteiger partial charge on any atom is 0.279 e. The summed E-state index contributed by atoms with van der Waals surface area (Å²) >= 11 is 1.38. The van der Waals surface area contributed by atoms with E-state index in [1.165, 1.54) is 11.8 Å². The number of nitrogens with one attached hydrogen (secondary N) is 1. The summed E-state index contributed by atoms with van der Waals surface area (Å²) in [6.45, 7) is 4.24. The number of hydrogen-bond donors (Lipinski definition) is 1. The number of amides is 1. The molecule has 1 heterocycles. The van der Waals surface area contributed by atoms with Crippen molar-refractivity contribution in [3.63, 3.8) is 0 Å². The molecule has 0 spiro atoms. The molecule has 0 radical (unpaired) electrons. The summed E-state index contributed by atoms with van der Waals surface area (Å²) in [6.07, 6.45) is 0. The molecule has 1 saturated heterocycles. The van der Waals surface area contributed by atoms with Crippen molar-refractivity contribution in [1.82, 2.24) is 5.32 Å². The van der Waals surface area contributed by atoms with Gasteiger partial charge in [0.15, 0.2) is 0 Å². The lowest BCUT2D eigenvalue weighted by Crippen LogP contribution is -2.30. The molecule has 0 bridgehead atoms. The molecule has 1 aliphatic heterocycles. The van der Waals surface area contributed by atoms with E-state index < -0.39 is 0 Å². The number of carbonyl (C=O) groups is 1. The topological polar surface area (TPSA) is 29.1 Å². The molecule has 1 fully saturated rings. The van der Waals surface area contributed by atoms with Crippen LogP contribution < -0.4 is 5.32 Å². The number of hydrogen-bond acceptors (Lipinski definition) is 2. The van der Waals surface area contributed by atoms with Gasteiger partial charge in [-0.15, -0.1) is 0 Å². The van der Waals surface area contributed by atoms with Crippen LogP contribution in [0.15, 0.2) is 0 Å². The second-order valence-corrected chi connectivity index (χ2v) is 3.59. The first-order chi connectivity index (χ1) is 4.20. The van der Waals surface area contributed by atoms with E-state index in [9.17, 15) is 4.79 Å². The second kappa shape index (κ2) is 2.60. The molecule has 0 aliphatic carbocycles. The monoisotopic (exact) mass is 145 g/mol. The lowest BCUT2D eigenvalue weighted by atomic mass is 10.1. The van der Waals surface area contributed by atoms with E-state index in [0.717, 1.165) is 5.75 Å². The summed E-state index contributed by atoms with van der Waals surface area (Å²) in [7, 11) is 0. The van der Waals surface area contributed by atoms with Crippen LogP contribution in [0, 0.1) is 5.92 Å². The molecular formula is C6H11NOS. The Kier molecular flexibility index (Phi) is 2.01. The number of rotatable bonds is 1. The minimum absolute atomic E-state index is 0.133. The standard InChI is InChI=1S/C6H11NOS/c1-4(2)5-3-9-6(8)7-5/h4-5H,3H2,1-2H3,(H,7,8). The van der Waals surface area contributed by atoms with E-state index in [1.807, 2.05) is 0 Å². The third-order valence-electron chi connectivity index (χ3n) is 1.50. The van der Waals surface area contributed by atoms with Crippen molar-refractivity contribution in [2.75, 3.05) is 5.75 Å². The Balaban J connectivity index is 2.39. The summed E-state index contributed by atoms with van der Waals surface area (Å²) in [6, 6.07) is 0.405. The average molecular weight is 145 g/mol. The third-order valence-corrected chi connectivity index (χ3v) is 2.41. The fraction of sp³-hybridized carbons (Fsp3) is 0.833. The first-order valence-electron chi connectivity index (χ1n) is 3.13. The van der Waals surface area contributed by atoms with Gasteiger partial charge >= 0.3 is 0 Å². The Morgan fingerprint density at radius 2 is 2.44 bits per heavy atom. The van der Waals surface area contributed by atoms with Crippen LogP contribution in [0.3, 0.4) is 0 Å². The van der Waals surface area contributed by atoms with Gasteiger partial charge in [-0.3, -0.25) is 4.79 Å². The molecule has 1 rings (SSSR count). The van der Waals surface area contributed by atoms with Gasteiger partial charge < -0.3 is 5.32 Å². The van der Waals surface area contributed by atoms with Gasteiger partial charge in [0.2, 0.25) is 0 Å². The maximum absolute atomic E-state index is 10.6. The van der Waals surface area contributed by atoms with Gasteiger partial charge in [-0.25, -0.2) is 0 Å². The molecular weight excluding hydrogens is 134 g/mol. The van der Waals surface area contributed by atoms with E-state index in [1.54, 1.807) is 0 Å². The van der Waals surface area contributed by atoms with Crippen LogP contribution in [0.1, 0.15) is 13.8 Å². The highest BCUT2D eigenvalue weighted by Crippen LogP contribution is 2.17. The van der Waals surface area contributed by atoms with Crippen molar-refractivity contribution >= 4 is 17.0 Å². The molecule has 52 valence electrons. The first kappa shape index (κ1) is 6.93. The SMILES string of the molecule is CC(C)C1CSC(=O)N1. The van der Waals surface area contributed by atoms with Crippen molar-refractivity contribution in [3.05, 3.63) is 0 Å². The van der Waals surface area contributed by atoms with Crippen molar-refractivity contribution in [2.45, 2.75) is 19.9 Å². The fourth-order valence-electron chi connectivity index (χ4n) is 0.759. The lowest BCUT2D eigenvalue weighted by molar-refractivity contribution is 0.258.